The minimum Gasteiger partial charge on any atom is -0.349 e. The lowest BCUT2D eigenvalue weighted by molar-refractivity contribution is -0.384. The number of nitro benzene ring substituents is 1. The molecule has 25 heavy (non-hydrogen) atoms. The molecule has 1 aromatic carbocycles. The van der Waals surface area contributed by atoms with Gasteiger partial charge >= 0.3 is 0 Å². The average Bonchev–Trinajstić information content (AvgIpc) is 3.40. The Hall–Kier alpha value is -2.04. The van der Waals surface area contributed by atoms with Crippen molar-refractivity contribution >= 4 is 21.6 Å². The van der Waals surface area contributed by atoms with Gasteiger partial charge in [-0.2, -0.15) is 0 Å². The van der Waals surface area contributed by atoms with Crippen molar-refractivity contribution in [2.24, 2.45) is 11.7 Å². The Morgan fingerprint density at radius 2 is 1.96 bits per heavy atom. The smallest absolute Gasteiger partial charge is 0.269 e. The number of hydrogen-bond donors (Lipinski definition) is 3. The second kappa shape index (κ2) is 7.46. The van der Waals surface area contributed by atoms with Crippen LogP contribution < -0.4 is 15.8 Å². The Balaban J connectivity index is 1.87. The number of carbonyl (C=O) groups excluding carboxylic acids is 1. The molecular formula is C15H22N4O5S. The van der Waals surface area contributed by atoms with Crippen molar-refractivity contribution in [1.29, 1.82) is 0 Å². The number of non-ortho nitro benzene ring substituents is 1. The second-order valence-electron chi connectivity index (χ2n) is 6.34. The van der Waals surface area contributed by atoms with Crippen LogP contribution in [-0.4, -0.2) is 37.9 Å². The molecule has 0 aromatic heterocycles. The van der Waals surface area contributed by atoms with Gasteiger partial charge in [0.25, 0.3) is 5.69 Å². The van der Waals surface area contributed by atoms with Crippen molar-refractivity contribution in [1.82, 2.24) is 10.0 Å². The maximum atomic E-state index is 12.1. The Bertz CT molecular complexity index is 746. The van der Waals surface area contributed by atoms with Crippen molar-refractivity contribution in [3.8, 4) is 0 Å². The van der Waals surface area contributed by atoms with Gasteiger partial charge in [0.05, 0.1) is 15.4 Å². The lowest BCUT2D eigenvalue weighted by Crippen LogP contribution is -2.53. The molecule has 2 rings (SSSR count). The number of benzene rings is 1. The predicted octanol–water partition coefficient (Wildman–Crippen LogP) is 0.507. The van der Waals surface area contributed by atoms with E-state index in [1.54, 1.807) is 0 Å². The van der Waals surface area contributed by atoms with Gasteiger partial charge in [-0.1, -0.05) is 0 Å². The Labute approximate surface area is 146 Å². The van der Waals surface area contributed by atoms with Crippen LogP contribution in [0.25, 0.3) is 0 Å². The fourth-order valence-electron chi connectivity index (χ4n) is 2.55. The molecule has 0 aliphatic heterocycles. The van der Waals surface area contributed by atoms with E-state index < -0.39 is 20.5 Å². The van der Waals surface area contributed by atoms with Crippen LogP contribution in [0, 0.1) is 16.0 Å². The van der Waals surface area contributed by atoms with Gasteiger partial charge in [-0.05, 0) is 37.8 Å². The Morgan fingerprint density at radius 3 is 2.44 bits per heavy atom. The molecule has 0 bridgehead atoms. The summed E-state index contributed by atoms with van der Waals surface area (Å²) in [5.74, 6) is 0.101. The summed E-state index contributed by atoms with van der Waals surface area (Å²) < 4.78 is 26.6. The molecule has 0 radical (unpaired) electrons. The number of amides is 1. The van der Waals surface area contributed by atoms with E-state index in [2.05, 4.69) is 10.0 Å². The van der Waals surface area contributed by atoms with E-state index in [0.717, 1.165) is 37.1 Å². The lowest BCUT2D eigenvalue weighted by atomic mass is 9.96. The maximum absolute atomic E-state index is 12.1. The topological polar surface area (TPSA) is 144 Å². The first kappa shape index (κ1) is 19.3. The quantitative estimate of drug-likeness (QED) is 0.426. The molecule has 1 aromatic rings. The summed E-state index contributed by atoms with van der Waals surface area (Å²) in [6, 6.07) is 4.53. The monoisotopic (exact) mass is 370 g/mol. The van der Waals surface area contributed by atoms with Gasteiger partial charge in [0, 0.05) is 31.6 Å². The van der Waals surface area contributed by atoms with Crippen LogP contribution in [0.5, 0.6) is 0 Å². The normalized spacial score (nSPS) is 16.9. The maximum Gasteiger partial charge on any atom is 0.269 e. The zero-order valence-corrected chi connectivity index (χ0v) is 14.7. The lowest BCUT2D eigenvalue weighted by Gasteiger charge is -2.29. The zero-order valence-electron chi connectivity index (χ0n) is 13.9. The van der Waals surface area contributed by atoms with Crippen LogP contribution in [0.1, 0.15) is 26.2 Å². The highest BCUT2D eigenvalue weighted by Gasteiger charge is 2.41. The van der Waals surface area contributed by atoms with Gasteiger partial charge in [-0.3, -0.25) is 14.9 Å². The number of nitrogens with zero attached hydrogens (tertiary/aromatic N) is 1. The molecule has 0 saturated heterocycles. The number of nitrogens with one attached hydrogen (secondary N) is 2. The summed E-state index contributed by atoms with van der Waals surface area (Å²) >= 11 is 0. The summed E-state index contributed by atoms with van der Waals surface area (Å²) in [5.41, 5.74) is 5.08. The predicted molar refractivity (Wildman–Crippen MR) is 91.2 cm³/mol. The molecule has 1 amide bonds. The molecule has 1 fully saturated rings. The van der Waals surface area contributed by atoms with E-state index >= 15 is 0 Å². The largest absolute Gasteiger partial charge is 0.349 e. The second-order valence-corrected chi connectivity index (χ2v) is 8.11. The van der Waals surface area contributed by atoms with E-state index in [-0.39, 0.29) is 29.5 Å². The minimum absolute atomic E-state index is 0.0193. The van der Waals surface area contributed by atoms with E-state index in [4.69, 9.17) is 5.73 Å². The molecule has 4 N–H and O–H groups in total. The van der Waals surface area contributed by atoms with E-state index in [1.807, 2.05) is 6.92 Å². The summed E-state index contributed by atoms with van der Waals surface area (Å²) in [7, 11) is -3.83. The number of sulfonamides is 1. The van der Waals surface area contributed by atoms with Crippen LogP contribution in [0.3, 0.4) is 0 Å². The summed E-state index contributed by atoms with van der Waals surface area (Å²) in [6.07, 6.45) is 2.04. The van der Waals surface area contributed by atoms with Gasteiger partial charge in [-0.15, -0.1) is 0 Å². The molecule has 1 unspecified atom stereocenters. The molecule has 10 heteroatoms. The van der Waals surface area contributed by atoms with Crippen LogP contribution in [-0.2, 0) is 14.8 Å². The molecule has 1 saturated carbocycles. The third-order valence-electron chi connectivity index (χ3n) is 4.33. The van der Waals surface area contributed by atoms with Gasteiger partial charge in [0.2, 0.25) is 15.9 Å². The van der Waals surface area contributed by atoms with Gasteiger partial charge < -0.3 is 11.1 Å². The number of carbonyl (C=O) groups is 1. The number of rotatable bonds is 9. The van der Waals surface area contributed by atoms with Gasteiger partial charge in [0.1, 0.15) is 0 Å². The van der Waals surface area contributed by atoms with Crippen LogP contribution >= 0.6 is 0 Å². The molecule has 9 nitrogen and oxygen atoms in total. The molecule has 1 aliphatic rings. The molecule has 138 valence electrons. The molecule has 1 aliphatic carbocycles. The number of nitro groups is 1. The Kier molecular flexibility index (Phi) is 5.76. The van der Waals surface area contributed by atoms with Crippen molar-refractivity contribution in [3.05, 3.63) is 34.4 Å². The molecule has 1 atom stereocenters. The first-order valence-electron chi connectivity index (χ1n) is 7.93. The summed E-state index contributed by atoms with van der Waals surface area (Å²) in [5, 5.41) is 13.5. The summed E-state index contributed by atoms with van der Waals surface area (Å²) in [4.78, 5) is 21.9. The van der Waals surface area contributed by atoms with Crippen molar-refractivity contribution < 1.29 is 18.1 Å². The van der Waals surface area contributed by atoms with Crippen LogP contribution in [0.2, 0.25) is 0 Å². The first-order valence-corrected chi connectivity index (χ1v) is 9.41. The first-order chi connectivity index (χ1) is 11.7. The van der Waals surface area contributed by atoms with Crippen LogP contribution in [0.15, 0.2) is 29.2 Å². The highest BCUT2D eigenvalue weighted by molar-refractivity contribution is 7.89. The van der Waals surface area contributed by atoms with Crippen molar-refractivity contribution in [3.63, 3.8) is 0 Å². The van der Waals surface area contributed by atoms with Crippen molar-refractivity contribution in [2.75, 3.05) is 13.1 Å². The third kappa shape index (κ3) is 4.97. The van der Waals surface area contributed by atoms with Crippen molar-refractivity contribution in [2.45, 2.75) is 36.6 Å². The SMILES string of the molecule is CC(CN)(NC(=O)CCNS(=O)(=O)c1ccc([N+](=O)[O-])cc1)C1CC1. The molecular weight excluding hydrogens is 348 g/mol. The Morgan fingerprint density at radius 1 is 1.36 bits per heavy atom. The molecule has 0 spiro atoms. The standard InChI is InChI=1S/C15H22N4O5S/c1-15(10-16,11-2-3-11)18-14(20)8-9-17-25(23,24)13-6-4-12(5-7-13)19(21)22/h4-7,11,17H,2-3,8-10,16H2,1H3,(H,18,20). The van der Waals surface area contributed by atoms with E-state index in [1.165, 1.54) is 0 Å². The summed E-state index contributed by atoms with van der Waals surface area (Å²) in [6.45, 7) is 2.15. The third-order valence-corrected chi connectivity index (χ3v) is 5.81. The highest BCUT2D eigenvalue weighted by atomic mass is 32.2. The number of hydrogen-bond acceptors (Lipinski definition) is 6. The van der Waals surface area contributed by atoms with E-state index in [9.17, 15) is 23.3 Å². The fourth-order valence-corrected chi connectivity index (χ4v) is 3.58. The fraction of sp³-hybridized carbons (Fsp3) is 0.533. The van der Waals surface area contributed by atoms with Crippen LogP contribution in [0.4, 0.5) is 5.69 Å². The van der Waals surface area contributed by atoms with Gasteiger partial charge in [-0.25, -0.2) is 13.1 Å². The highest BCUT2D eigenvalue weighted by Crippen LogP contribution is 2.38. The van der Waals surface area contributed by atoms with E-state index in [0.29, 0.717) is 12.5 Å². The average molecular weight is 370 g/mol. The molecule has 0 heterocycles. The zero-order chi connectivity index (χ0) is 18.7. The van der Waals surface area contributed by atoms with Gasteiger partial charge in [0.15, 0.2) is 0 Å². The number of nitrogens with two attached hydrogens (primary N) is 1. The minimum atomic E-state index is -3.83.